The second-order valence-corrected chi connectivity index (χ2v) is 6.91. The van der Waals surface area contributed by atoms with E-state index >= 15 is 0 Å². The maximum atomic E-state index is 13.3. The summed E-state index contributed by atoms with van der Waals surface area (Å²) in [6, 6.07) is 0.912. The molecule has 0 bridgehead atoms. The number of carbonyl (C=O) groups is 3. The highest BCUT2D eigenvalue weighted by Gasteiger charge is 2.32. The number of hydrogen-bond donors (Lipinski definition) is 1. The minimum absolute atomic E-state index is 0.121. The molecular formula is C19H26F2N2O3. The van der Waals surface area contributed by atoms with Gasteiger partial charge in [0.15, 0.2) is 5.78 Å². The number of Topliss-reactive ketones (excluding diaryl/α,β-unsaturated/α-hetero) is 1. The summed E-state index contributed by atoms with van der Waals surface area (Å²) >= 11 is 0. The van der Waals surface area contributed by atoms with Crippen LogP contribution >= 0.6 is 0 Å². The molecule has 0 aliphatic carbocycles. The van der Waals surface area contributed by atoms with E-state index in [2.05, 4.69) is 0 Å². The van der Waals surface area contributed by atoms with Gasteiger partial charge in [0.05, 0.1) is 12.5 Å². The molecule has 2 amide bonds. The van der Waals surface area contributed by atoms with Crippen LogP contribution in [0, 0.1) is 17.6 Å². The zero-order valence-corrected chi connectivity index (χ0v) is 15.6. The molecule has 0 heterocycles. The van der Waals surface area contributed by atoms with E-state index < -0.39 is 35.5 Å². The molecule has 0 aliphatic rings. The van der Waals surface area contributed by atoms with Gasteiger partial charge in [-0.2, -0.15) is 0 Å². The van der Waals surface area contributed by atoms with Gasteiger partial charge in [0.2, 0.25) is 11.8 Å². The van der Waals surface area contributed by atoms with Gasteiger partial charge in [-0.05, 0) is 43.9 Å². The third-order valence-corrected chi connectivity index (χ3v) is 4.25. The SMILES string of the molecule is CC(C)CCC(=O)C(C)N(C(=O)Cc1cc(F)cc(F)c1)[C@@H](C)C(N)=O. The van der Waals surface area contributed by atoms with Crippen LogP contribution in [-0.4, -0.2) is 34.6 Å². The van der Waals surface area contributed by atoms with Crippen molar-refractivity contribution >= 4 is 17.6 Å². The van der Waals surface area contributed by atoms with Crippen molar-refractivity contribution in [2.24, 2.45) is 11.7 Å². The molecule has 2 atom stereocenters. The van der Waals surface area contributed by atoms with Crippen molar-refractivity contribution in [2.45, 2.75) is 59.0 Å². The van der Waals surface area contributed by atoms with Crippen molar-refractivity contribution in [1.29, 1.82) is 0 Å². The Balaban J connectivity index is 3.02. The van der Waals surface area contributed by atoms with Crippen molar-refractivity contribution in [3.05, 3.63) is 35.4 Å². The summed E-state index contributed by atoms with van der Waals surface area (Å²) in [5.41, 5.74) is 5.43. The Bertz CT molecular complexity index is 656. The Hall–Kier alpha value is -2.31. The van der Waals surface area contributed by atoms with Gasteiger partial charge < -0.3 is 10.6 Å². The number of ketones is 1. The molecule has 26 heavy (non-hydrogen) atoms. The molecule has 0 saturated heterocycles. The number of nitrogens with two attached hydrogens (primary N) is 1. The van der Waals surface area contributed by atoms with Gasteiger partial charge in [-0.3, -0.25) is 14.4 Å². The average molecular weight is 368 g/mol. The topological polar surface area (TPSA) is 80.5 Å². The Morgan fingerprint density at radius 2 is 1.54 bits per heavy atom. The Kier molecular flexibility index (Phi) is 7.86. The first kappa shape index (κ1) is 21.7. The van der Waals surface area contributed by atoms with Crippen molar-refractivity contribution in [3.8, 4) is 0 Å². The molecule has 1 aromatic rings. The highest BCUT2D eigenvalue weighted by Crippen LogP contribution is 2.16. The van der Waals surface area contributed by atoms with Gasteiger partial charge in [-0.25, -0.2) is 8.78 Å². The van der Waals surface area contributed by atoms with Gasteiger partial charge in [-0.1, -0.05) is 13.8 Å². The highest BCUT2D eigenvalue weighted by atomic mass is 19.1. The van der Waals surface area contributed by atoms with Crippen LogP contribution in [0.2, 0.25) is 0 Å². The van der Waals surface area contributed by atoms with Crippen LogP contribution in [0.5, 0.6) is 0 Å². The summed E-state index contributed by atoms with van der Waals surface area (Å²) in [6.07, 6.45) is 0.585. The van der Waals surface area contributed by atoms with E-state index in [0.717, 1.165) is 17.0 Å². The second-order valence-electron chi connectivity index (χ2n) is 6.91. The first-order valence-corrected chi connectivity index (χ1v) is 8.61. The van der Waals surface area contributed by atoms with Crippen molar-refractivity contribution in [1.82, 2.24) is 4.90 Å². The summed E-state index contributed by atoms with van der Waals surface area (Å²) < 4.78 is 26.7. The molecule has 0 fully saturated rings. The average Bonchev–Trinajstić information content (AvgIpc) is 2.51. The number of carbonyl (C=O) groups excluding carboxylic acids is 3. The fourth-order valence-corrected chi connectivity index (χ4v) is 2.68. The molecule has 1 rings (SSSR count). The number of primary amides is 1. The summed E-state index contributed by atoms with van der Waals surface area (Å²) in [5, 5.41) is 0. The molecule has 0 spiro atoms. The molecule has 0 radical (unpaired) electrons. The van der Waals surface area contributed by atoms with Gasteiger partial charge in [0.25, 0.3) is 0 Å². The minimum atomic E-state index is -1.01. The number of rotatable bonds is 9. The summed E-state index contributed by atoms with van der Waals surface area (Å²) in [6.45, 7) is 6.92. The number of halogens is 2. The predicted molar refractivity (Wildman–Crippen MR) is 94.1 cm³/mol. The van der Waals surface area contributed by atoms with Crippen LogP contribution in [0.3, 0.4) is 0 Å². The van der Waals surface area contributed by atoms with Crippen LogP contribution in [0.15, 0.2) is 18.2 Å². The fourth-order valence-electron chi connectivity index (χ4n) is 2.68. The Morgan fingerprint density at radius 3 is 2.00 bits per heavy atom. The quantitative estimate of drug-likeness (QED) is 0.727. The Labute approximate surface area is 152 Å². The standard InChI is InChI=1S/C19H26F2N2O3/c1-11(2)5-6-17(24)12(3)23(13(4)19(22)26)18(25)9-14-7-15(20)10-16(21)8-14/h7-8,10-13H,5-6,9H2,1-4H3,(H2,22,26)/t12?,13-/m0/s1. The van der Waals surface area contributed by atoms with E-state index in [0.29, 0.717) is 18.4 Å². The zero-order valence-electron chi connectivity index (χ0n) is 15.6. The lowest BCUT2D eigenvalue weighted by atomic mass is 10.00. The zero-order chi connectivity index (χ0) is 20.0. The molecule has 2 N–H and O–H groups in total. The largest absolute Gasteiger partial charge is 0.368 e. The number of hydrogen-bond acceptors (Lipinski definition) is 3. The van der Waals surface area contributed by atoms with Crippen molar-refractivity contribution in [2.75, 3.05) is 0 Å². The summed E-state index contributed by atoms with van der Waals surface area (Å²) in [5.74, 6) is -2.82. The smallest absolute Gasteiger partial charge is 0.239 e. The number of nitrogens with zero attached hydrogens (tertiary/aromatic N) is 1. The maximum absolute atomic E-state index is 13.3. The second kappa shape index (κ2) is 9.40. The van der Waals surface area contributed by atoms with Gasteiger partial charge in [-0.15, -0.1) is 0 Å². The fraction of sp³-hybridized carbons (Fsp3) is 0.526. The molecule has 1 unspecified atom stereocenters. The first-order chi connectivity index (χ1) is 12.0. The maximum Gasteiger partial charge on any atom is 0.239 e. The minimum Gasteiger partial charge on any atom is -0.368 e. The van der Waals surface area contributed by atoms with E-state index in [1.54, 1.807) is 0 Å². The normalized spacial score (nSPS) is 13.3. The Morgan fingerprint density at radius 1 is 1.00 bits per heavy atom. The first-order valence-electron chi connectivity index (χ1n) is 8.61. The van der Waals surface area contributed by atoms with Crippen molar-refractivity contribution < 1.29 is 23.2 Å². The van der Waals surface area contributed by atoms with E-state index in [4.69, 9.17) is 5.73 Å². The van der Waals surface area contributed by atoms with Crippen LogP contribution in [0.1, 0.15) is 46.1 Å². The molecule has 0 saturated carbocycles. The lowest BCUT2D eigenvalue weighted by Crippen LogP contribution is -2.53. The summed E-state index contributed by atoms with van der Waals surface area (Å²) in [4.78, 5) is 37.8. The van der Waals surface area contributed by atoms with Crippen molar-refractivity contribution in [3.63, 3.8) is 0 Å². The van der Waals surface area contributed by atoms with E-state index in [1.807, 2.05) is 13.8 Å². The number of benzene rings is 1. The van der Waals surface area contributed by atoms with Crippen LogP contribution in [0.4, 0.5) is 8.78 Å². The van der Waals surface area contributed by atoms with Gasteiger partial charge in [0.1, 0.15) is 17.7 Å². The molecule has 1 aromatic carbocycles. The van der Waals surface area contributed by atoms with Crippen LogP contribution in [-0.2, 0) is 20.8 Å². The molecule has 0 aliphatic heterocycles. The molecule has 0 aromatic heterocycles. The van der Waals surface area contributed by atoms with E-state index in [1.165, 1.54) is 13.8 Å². The van der Waals surface area contributed by atoms with E-state index in [-0.39, 0.29) is 24.2 Å². The lowest BCUT2D eigenvalue weighted by molar-refractivity contribution is -0.144. The molecular weight excluding hydrogens is 342 g/mol. The lowest BCUT2D eigenvalue weighted by Gasteiger charge is -2.32. The molecule has 5 nitrogen and oxygen atoms in total. The molecule has 7 heteroatoms. The highest BCUT2D eigenvalue weighted by molar-refractivity contribution is 5.93. The molecule has 144 valence electrons. The van der Waals surface area contributed by atoms with Crippen LogP contribution < -0.4 is 5.73 Å². The third-order valence-electron chi connectivity index (χ3n) is 4.25. The summed E-state index contributed by atoms with van der Waals surface area (Å²) in [7, 11) is 0. The number of amides is 2. The van der Waals surface area contributed by atoms with Crippen LogP contribution in [0.25, 0.3) is 0 Å². The predicted octanol–water partition coefficient (Wildman–Crippen LogP) is 2.60. The third kappa shape index (κ3) is 6.20. The van der Waals surface area contributed by atoms with Gasteiger partial charge in [0, 0.05) is 12.5 Å². The van der Waals surface area contributed by atoms with E-state index in [9.17, 15) is 23.2 Å². The monoisotopic (exact) mass is 368 g/mol. The van der Waals surface area contributed by atoms with Gasteiger partial charge >= 0.3 is 0 Å².